The van der Waals surface area contributed by atoms with Gasteiger partial charge in [0.15, 0.2) is 0 Å². The Morgan fingerprint density at radius 3 is 2.39 bits per heavy atom. The molecular weight excluding hydrogens is 309 g/mol. The molecule has 0 N–H and O–H groups in total. The largest absolute Gasteiger partial charge is 0.421 e. The van der Waals surface area contributed by atoms with Crippen molar-refractivity contribution >= 4 is 5.91 Å². The van der Waals surface area contributed by atoms with Crippen molar-refractivity contribution in [3.8, 4) is 0 Å². The van der Waals surface area contributed by atoms with E-state index >= 15 is 0 Å². The maximum absolute atomic E-state index is 12.7. The summed E-state index contributed by atoms with van der Waals surface area (Å²) in [5, 5.41) is 0. The van der Waals surface area contributed by atoms with E-state index in [4.69, 9.17) is 0 Å². The summed E-state index contributed by atoms with van der Waals surface area (Å²) in [6, 6.07) is 11.0. The molecule has 0 aliphatic rings. The summed E-state index contributed by atoms with van der Waals surface area (Å²) in [7, 11) is 1.54. The molecule has 0 bridgehead atoms. The highest BCUT2D eigenvalue weighted by Crippen LogP contribution is 2.25. The van der Waals surface area contributed by atoms with Crippen LogP contribution < -0.4 is 5.56 Å². The minimum absolute atomic E-state index is 0.313. The molecule has 0 atom stereocenters. The molecule has 0 saturated carbocycles. The van der Waals surface area contributed by atoms with Gasteiger partial charge in [-0.15, -0.1) is 0 Å². The van der Waals surface area contributed by atoms with E-state index in [0.717, 1.165) is 16.2 Å². The van der Waals surface area contributed by atoms with Gasteiger partial charge in [0.05, 0.1) is 0 Å². The van der Waals surface area contributed by atoms with Crippen LogP contribution in [-0.4, -0.2) is 22.4 Å². The molecule has 0 saturated heterocycles. The van der Waals surface area contributed by atoms with Crippen LogP contribution in [0.2, 0.25) is 0 Å². The molecule has 1 aromatic carbocycles. The molecule has 23 heavy (non-hydrogen) atoms. The first-order valence-electron chi connectivity index (χ1n) is 6.83. The Labute approximate surface area is 130 Å². The molecule has 2 aromatic rings. The fourth-order valence-electron chi connectivity index (χ4n) is 2.09. The smallest absolute Gasteiger partial charge is 0.340 e. The third-order valence-electron chi connectivity index (χ3n) is 3.32. The molecule has 1 aromatic heterocycles. The number of likely N-dealkylation sites (N-methyl/N-ethyl adjacent to an activating group) is 1. The van der Waals surface area contributed by atoms with Gasteiger partial charge in [-0.2, -0.15) is 13.2 Å². The van der Waals surface area contributed by atoms with E-state index in [1.54, 1.807) is 0 Å². The Hall–Kier alpha value is -2.57. The molecule has 122 valence electrons. The van der Waals surface area contributed by atoms with Crippen molar-refractivity contribution < 1.29 is 18.0 Å². The Bertz CT molecular complexity index is 739. The number of hydrogen-bond donors (Lipinski definition) is 0. The minimum Gasteiger partial charge on any atom is -0.340 e. The van der Waals surface area contributed by atoms with Crippen LogP contribution in [0, 0.1) is 0 Å². The van der Waals surface area contributed by atoms with Gasteiger partial charge >= 0.3 is 6.18 Å². The number of carbonyl (C=O) groups is 1. The number of pyridine rings is 1. The van der Waals surface area contributed by atoms with E-state index in [0.29, 0.717) is 12.6 Å². The van der Waals surface area contributed by atoms with Crippen molar-refractivity contribution in [2.75, 3.05) is 7.05 Å². The van der Waals surface area contributed by atoms with Crippen LogP contribution in [0.25, 0.3) is 0 Å². The van der Waals surface area contributed by atoms with Gasteiger partial charge < -0.3 is 9.47 Å². The van der Waals surface area contributed by atoms with Crippen LogP contribution in [0.3, 0.4) is 0 Å². The van der Waals surface area contributed by atoms with Crippen molar-refractivity contribution in [1.29, 1.82) is 0 Å². The van der Waals surface area contributed by atoms with Crippen LogP contribution in [0.15, 0.2) is 53.5 Å². The summed E-state index contributed by atoms with van der Waals surface area (Å²) < 4.78 is 38.9. The lowest BCUT2D eigenvalue weighted by atomic mass is 10.2. The zero-order valence-corrected chi connectivity index (χ0v) is 12.4. The Morgan fingerprint density at radius 2 is 1.78 bits per heavy atom. The van der Waals surface area contributed by atoms with Gasteiger partial charge in [-0.25, -0.2) is 0 Å². The van der Waals surface area contributed by atoms with Crippen LogP contribution in [0.5, 0.6) is 0 Å². The number of alkyl halides is 3. The molecule has 1 amide bonds. The monoisotopic (exact) mass is 324 g/mol. The van der Waals surface area contributed by atoms with E-state index in [-0.39, 0.29) is 0 Å². The van der Waals surface area contributed by atoms with E-state index < -0.39 is 29.8 Å². The molecule has 0 unspecified atom stereocenters. The molecule has 0 spiro atoms. The van der Waals surface area contributed by atoms with Crippen molar-refractivity contribution in [1.82, 2.24) is 9.47 Å². The van der Waals surface area contributed by atoms with E-state index in [2.05, 4.69) is 0 Å². The van der Waals surface area contributed by atoms with Gasteiger partial charge in [0, 0.05) is 19.8 Å². The molecule has 0 aliphatic carbocycles. The minimum atomic E-state index is -4.74. The molecule has 7 heteroatoms. The van der Waals surface area contributed by atoms with Crippen molar-refractivity contribution in [2.45, 2.75) is 19.3 Å². The van der Waals surface area contributed by atoms with Gasteiger partial charge in [-0.05, 0) is 17.7 Å². The normalized spacial score (nSPS) is 11.3. The fraction of sp³-hybridized carbons (Fsp3) is 0.250. The molecule has 0 aliphatic heterocycles. The number of nitrogens with zero attached hydrogens (tertiary/aromatic N) is 2. The van der Waals surface area contributed by atoms with Crippen LogP contribution in [0.4, 0.5) is 13.2 Å². The third-order valence-corrected chi connectivity index (χ3v) is 3.32. The van der Waals surface area contributed by atoms with Crippen molar-refractivity contribution in [3.63, 3.8) is 0 Å². The zero-order valence-electron chi connectivity index (χ0n) is 12.4. The fourth-order valence-corrected chi connectivity index (χ4v) is 2.09. The number of carbonyl (C=O) groups excluding carboxylic acids is 1. The van der Waals surface area contributed by atoms with Gasteiger partial charge in [0.2, 0.25) is 5.91 Å². The molecule has 2 rings (SSSR count). The Balaban J connectivity index is 2.13. The summed E-state index contributed by atoms with van der Waals surface area (Å²) in [6.07, 6.45) is -3.56. The number of halogens is 3. The number of benzene rings is 1. The summed E-state index contributed by atoms with van der Waals surface area (Å²) >= 11 is 0. The first kappa shape index (κ1) is 16.8. The SMILES string of the molecule is CN(Cc1ccccc1)C(=O)Cn1cccc(C(F)(F)F)c1=O. The lowest BCUT2D eigenvalue weighted by molar-refractivity contribution is -0.139. The maximum atomic E-state index is 12.7. The van der Waals surface area contributed by atoms with E-state index in [1.165, 1.54) is 18.1 Å². The average molecular weight is 324 g/mol. The highest BCUT2D eigenvalue weighted by Gasteiger charge is 2.34. The van der Waals surface area contributed by atoms with Gasteiger partial charge in [0.1, 0.15) is 12.1 Å². The average Bonchev–Trinajstić information content (AvgIpc) is 2.49. The summed E-state index contributed by atoms with van der Waals surface area (Å²) in [4.78, 5) is 25.3. The van der Waals surface area contributed by atoms with Gasteiger partial charge in [0.25, 0.3) is 5.56 Å². The highest BCUT2D eigenvalue weighted by molar-refractivity contribution is 5.75. The lowest BCUT2D eigenvalue weighted by Gasteiger charge is -2.18. The molecule has 0 fully saturated rings. The number of hydrogen-bond acceptors (Lipinski definition) is 2. The third kappa shape index (κ3) is 4.21. The van der Waals surface area contributed by atoms with Crippen LogP contribution >= 0.6 is 0 Å². The number of amides is 1. The maximum Gasteiger partial charge on any atom is 0.421 e. The molecule has 4 nitrogen and oxygen atoms in total. The quantitative estimate of drug-likeness (QED) is 0.867. The summed E-state index contributed by atoms with van der Waals surface area (Å²) in [6.45, 7) is -0.126. The Kier molecular flexibility index (Phi) is 4.88. The predicted octanol–water partition coefficient (Wildman–Crippen LogP) is 2.53. The van der Waals surface area contributed by atoms with Gasteiger partial charge in [-0.3, -0.25) is 9.59 Å². The van der Waals surface area contributed by atoms with Crippen LogP contribution in [-0.2, 0) is 24.1 Å². The number of aromatic nitrogens is 1. The second-order valence-corrected chi connectivity index (χ2v) is 5.09. The molecule has 1 heterocycles. The first-order valence-corrected chi connectivity index (χ1v) is 6.83. The van der Waals surface area contributed by atoms with E-state index in [9.17, 15) is 22.8 Å². The predicted molar refractivity (Wildman–Crippen MR) is 78.6 cm³/mol. The first-order chi connectivity index (χ1) is 10.8. The van der Waals surface area contributed by atoms with Crippen molar-refractivity contribution in [3.05, 3.63) is 70.1 Å². The second kappa shape index (κ2) is 6.68. The lowest BCUT2D eigenvalue weighted by Crippen LogP contribution is -2.35. The molecule has 0 radical (unpaired) electrons. The summed E-state index contributed by atoms with van der Waals surface area (Å²) in [5.74, 6) is -0.449. The zero-order chi connectivity index (χ0) is 17.0. The number of rotatable bonds is 4. The van der Waals surface area contributed by atoms with Crippen molar-refractivity contribution in [2.24, 2.45) is 0 Å². The van der Waals surface area contributed by atoms with E-state index in [1.807, 2.05) is 30.3 Å². The van der Waals surface area contributed by atoms with Crippen LogP contribution in [0.1, 0.15) is 11.1 Å². The Morgan fingerprint density at radius 1 is 1.13 bits per heavy atom. The summed E-state index contributed by atoms with van der Waals surface area (Å²) in [5.41, 5.74) is -1.61. The topological polar surface area (TPSA) is 42.3 Å². The standard InChI is InChI=1S/C16H15F3N2O2/c1-20(10-12-6-3-2-4-7-12)14(22)11-21-9-5-8-13(15(21)23)16(17,18)19/h2-9H,10-11H2,1H3. The van der Waals surface area contributed by atoms with Gasteiger partial charge in [-0.1, -0.05) is 30.3 Å². The molecular formula is C16H15F3N2O2. The highest BCUT2D eigenvalue weighted by atomic mass is 19.4. The second-order valence-electron chi connectivity index (χ2n) is 5.09.